The van der Waals surface area contributed by atoms with E-state index < -0.39 is 5.54 Å². The van der Waals surface area contributed by atoms with Gasteiger partial charge in [-0.25, -0.2) is 0 Å². The fourth-order valence-corrected chi connectivity index (χ4v) is 2.57. The molecule has 5 heteroatoms. The summed E-state index contributed by atoms with van der Waals surface area (Å²) >= 11 is 0. The van der Waals surface area contributed by atoms with Crippen LogP contribution in [-0.4, -0.2) is 30.4 Å². The molecular weight excluding hydrogens is 252 g/mol. The van der Waals surface area contributed by atoms with E-state index in [0.717, 1.165) is 31.5 Å². The Morgan fingerprint density at radius 3 is 2.75 bits per heavy atom. The molecule has 1 fully saturated rings. The molecule has 0 atom stereocenters. The lowest BCUT2D eigenvalue weighted by molar-refractivity contribution is -0.124. The number of carbonyl (C=O) groups excluding carboxylic acids is 1. The number of amides is 1. The second kappa shape index (κ2) is 5.43. The lowest BCUT2D eigenvalue weighted by atomic mass is 9.89. The minimum Gasteiger partial charge on any atom is -0.317 e. The molecule has 20 heavy (non-hydrogen) atoms. The molecule has 104 valence electrons. The average Bonchev–Trinajstić information content (AvgIpc) is 2.77. The fourth-order valence-electron chi connectivity index (χ4n) is 2.57. The molecule has 0 bridgehead atoms. The molecule has 2 aliphatic rings. The molecule has 0 saturated carbocycles. The van der Waals surface area contributed by atoms with E-state index >= 15 is 0 Å². The van der Waals surface area contributed by atoms with Gasteiger partial charge in [0.2, 0.25) is 0 Å². The van der Waals surface area contributed by atoms with Crippen molar-refractivity contribution in [3.8, 4) is 6.07 Å². The third kappa shape index (κ3) is 2.30. The number of rotatable bonds is 1. The lowest BCUT2D eigenvalue weighted by Crippen LogP contribution is -2.47. The second-order valence-corrected chi connectivity index (χ2v) is 4.89. The van der Waals surface area contributed by atoms with Crippen LogP contribution in [0.1, 0.15) is 31.4 Å². The van der Waals surface area contributed by atoms with Gasteiger partial charge in [-0.2, -0.15) is 5.26 Å². The van der Waals surface area contributed by atoms with E-state index in [9.17, 15) is 4.79 Å². The number of aliphatic imine (C=N–C) groups is 1. The normalized spacial score (nSPS) is 19.8. The summed E-state index contributed by atoms with van der Waals surface area (Å²) in [4.78, 5) is 16.8. The molecule has 1 amide bonds. The molecule has 0 unspecified atom stereocenters. The third-order valence-corrected chi connectivity index (χ3v) is 3.68. The molecule has 0 aromatic heterocycles. The summed E-state index contributed by atoms with van der Waals surface area (Å²) in [6.45, 7) is 1.62. The minimum atomic E-state index is -0.608. The van der Waals surface area contributed by atoms with Gasteiger partial charge in [0.1, 0.15) is 11.4 Å². The minimum absolute atomic E-state index is 0. The van der Waals surface area contributed by atoms with Gasteiger partial charge in [-0.1, -0.05) is 19.6 Å². The van der Waals surface area contributed by atoms with Crippen molar-refractivity contribution in [2.24, 2.45) is 4.99 Å². The van der Waals surface area contributed by atoms with Crippen molar-refractivity contribution >= 4 is 11.7 Å². The standard InChI is InChI=1S/C14H14N4O.CH4/c15-9-10-2-1-3-11(8-10)12-17-13(19)14(18-12)4-6-16-7-5-14;/h1-3,8,16H,4-7H2,(H,17,18,19);1H4. The quantitative estimate of drug-likeness (QED) is 0.804. The number of nitrogens with zero attached hydrogens (tertiary/aromatic N) is 2. The molecule has 3 rings (SSSR count). The predicted molar refractivity (Wildman–Crippen MR) is 77.4 cm³/mol. The Morgan fingerprint density at radius 1 is 1.30 bits per heavy atom. The number of piperidine rings is 1. The zero-order valence-electron chi connectivity index (χ0n) is 10.4. The first kappa shape index (κ1) is 14.2. The van der Waals surface area contributed by atoms with E-state index in [1.807, 2.05) is 6.07 Å². The summed E-state index contributed by atoms with van der Waals surface area (Å²) in [6, 6.07) is 9.24. The molecule has 5 nitrogen and oxygen atoms in total. The number of benzene rings is 1. The third-order valence-electron chi connectivity index (χ3n) is 3.68. The summed E-state index contributed by atoms with van der Waals surface area (Å²) in [7, 11) is 0. The highest BCUT2D eigenvalue weighted by Gasteiger charge is 2.44. The Kier molecular flexibility index (Phi) is 3.86. The van der Waals surface area contributed by atoms with Crippen molar-refractivity contribution in [1.29, 1.82) is 5.26 Å². The molecule has 1 aromatic rings. The van der Waals surface area contributed by atoms with E-state index in [-0.39, 0.29) is 13.3 Å². The Bertz CT molecular complexity index is 594. The predicted octanol–water partition coefficient (Wildman–Crippen LogP) is 1.19. The molecule has 1 saturated heterocycles. The molecule has 0 aliphatic carbocycles. The van der Waals surface area contributed by atoms with Crippen LogP contribution in [-0.2, 0) is 4.79 Å². The molecule has 2 heterocycles. The summed E-state index contributed by atoms with van der Waals surface area (Å²) in [6.07, 6.45) is 1.44. The second-order valence-electron chi connectivity index (χ2n) is 4.89. The van der Waals surface area contributed by atoms with Crippen molar-refractivity contribution in [2.45, 2.75) is 25.8 Å². The van der Waals surface area contributed by atoms with Gasteiger partial charge >= 0.3 is 0 Å². The maximum atomic E-state index is 12.2. The van der Waals surface area contributed by atoms with Crippen LogP contribution in [0.2, 0.25) is 0 Å². The zero-order valence-corrected chi connectivity index (χ0v) is 10.4. The van der Waals surface area contributed by atoms with Crippen LogP contribution in [0, 0.1) is 11.3 Å². The average molecular weight is 270 g/mol. The van der Waals surface area contributed by atoms with Crippen molar-refractivity contribution in [2.75, 3.05) is 13.1 Å². The van der Waals surface area contributed by atoms with Gasteiger partial charge in [-0.3, -0.25) is 9.79 Å². The van der Waals surface area contributed by atoms with Crippen molar-refractivity contribution in [3.63, 3.8) is 0 Å². The largest absolute Gasteiger partial charge is 0.317 e. The smallest absolute Gasteiger partial charge is 0.253 e. The van der Waals surface area contributed by atoms with Crippen LogP contribution >= 0.6 is 0 Å². The number of hydrogen-bond acceptors (Lipinski definition) is 4. The van der Waals surface area contributed by atoms with Crippen LogP contribution < -0.4 is 10.6 Å². The number of nitrogens with one attached hydrogen (secondary N) is 2. The van der Waals surface area contributed by atoms with E-state index in [2.05, 4.69) is 21.7 Å². The summed E-state index contributed by atoms with van der Waals surface area (Å²) < 4.78 is 0. The highest BCUT2D eigenvalue weighted by Crippen LogP contribution is 2.28. The first-order chi connectivity index (χ1) is 9.23. The molecule has 2 N–H and O–H groups in total. The summed E-state index contributed by atoms with van der Waals surface area (Å²) in [5.74, 6) is 0.565. The van der Waals surface area contributed by atoms with Crippen LogP contribution in [0.25, 0.3) is 0 Å². The van der Waals surface area contributed by atoms with Gasteiger partial charge in [0.25, 0.3) is 5.91 Å². The van der Waals surface area contributed by atoms with Crippen molar-refractivity contribution in [1.82, 2.24) is 10.6 Å². The maximum Gasteiger partial charge on any atom is 0.253 e. The molecule has 0 radical (unpaired) electrons. The zero-order chi connectivity index (χ0) is 13.3. The Morgan fingerprint density at radius 2 is 2.05 bits per heavy atom. The van der Waals surface area contributed by atoms with Crippen LogP contribution in [0.3, 0.4) is 0 Å². The maximum absolute atomic E-state index is 12.2. The van der Waals surface area contributed by atoms with Gasteiger partial charge < -0.3 is 10.6 Å². The van der Waals surface area contributed by atoms with Crippen LogP contribution in [0.15, 0.2) is 29.3 Å². The van der Waals surface area contributed by atoms with Gasteiger partial charge in [0, 0.05) is 5.56 Å². The van der Waals surface area contributed by atoms with Crippen LogP contribution in [0.5, 0.6) is 0 Å². The fraction of sp³-hybridized carbons (Fsp3) is 0.400. The van der Waals surface area contributed by atoms with E-state index in [1.165, 1.54) is 0 Å². The number of hydrogen-bond donors (Lipinski definition) is 2. The number of amidine groups is 1. The SMILES string of the molecule is C.N#Cc1cccc(C2=NC3(CCNCC3)C(=O)N2)c1. The van der Waals surface area contributed by atoms with Crippen molar-refractivity contribution in [3.05, 3.63) is 35.4 Å². The van der Waals surface area contributed by atoms with Crippen molar-refractivity contribution < 1.29 is 4.79 Å². The highest BCUT2D eigenvalue weighted by molar-refractivity contribution is 6.15. The van der Waals surface area contributed by atoms with Gasteiger partial charge in [-0.15, -0.1) is 0 Å². The first-order valence-corrected chi connectivity index (χ1v) is 6.36. The van der Waals surface area contributed by atoms with Crippen LogP contribution in [0.4, 0.5) is 0 Å². The monoisotopic (exact) mass is 270 g/mol. The summed E-state index contributed by atoms with van der Waals surface area (Å²) in [5.41, 5.74) is 0.756. The first-order valence-electron chi connectivity index (χ1n) is 6.36. The lowest BCUT2D eigenvalue weighted by Gasteiger charge is -2.28. The highest BCUT2D eigenvalue weighted by atomic mass is 16.2. The van der Waals surface area contributed by atoms with E-state index in [1.54, 1.807) is 18.2 Å². The molecular formula is C15H18N4O. The Balaban J connectivity index is 0.00000147. The Hall–Kier alpha value is -2.19. The van der Waals surface area contributed by atoms with E-state index in [0.29, 0.717) is 11.4 Å². The molecule has 1 aromatic carbocycles. The number of carbonyl (C=O) groups is 1. The number of nitriles is 1. The van der Waals surface area contributed by atoms with Gasteiger partial charge in [0.05, 0.1) is 11.6 Å². The van der Waals surface area contributed by atoms with Gasteiger partial charge in [-0.05, 0) is 38.1 Å². The van der Waals surface area contributed by atoms with E-state index in [4.69, 9.17) is 5.26 Å². The molecule has 2 aliphatic heterocycles. The topological polar surface area (TPSA) is 77.3 Å². The summed E-state index contributed by atoms with van der Waals surface area (Å²) in [5, 5.41) is 15.0. The Labute approximate surface area is 118 Å². The van der Waals surface area contributed by atoms with Gasteiger partial charge in [0.15, 0.2) is 0 Å². The molecule has 1 spiro atoms.